The molecule has 0 aromatic heterocycles. The number of unbranched alkanes of at least 4 members (excludes halogenated alkanes) is 4. The van der Waals surface area contributed by atoms with Crippen molar-refractivity contribution in [2.24, 2.45) is 0 Å². The number of carboxylic acids is 2. The van der Waals surface area contributed by atoms with Gasteiger partial charge in [0.05, 0.1) is 6.42 Å². The Labute approximate surface area is 191 Å². The van der Waals surface area contributed by atoms with E-state index in [0.717, 1.165) is 25.7 Å². The van der Waals surface area contributed by atoms with Crippen molar-refractivity contribution in [3.63, 3.8) is 0 Å². The van der Waals surface area contributed by atoms with Crippen LogP contribution in [0, 0.1) is 10.1 Å². The van der Waals surface area contributed by atoms with Gasteiger partial charge < -0.3 is 10.2 Å². The van der Waals surface area contributed by atoms with Crippen LogP contribution in [0.3, 0.4) is 0 Å². The van der Waals surface area contributed by atoms with Crippen LogP contribution in [0.4, 0.5) is 0 Å². The smallest absolute Gasteiger partial charge is 0.310 e. The molecule has 0 spiro atoms. The summed E-state index contributed by atoms with van der Waals surface area (Å²) in [6.45, 7) is 2.20. The molecule has 1 atom stereocenters. The quantitative estimate of drug-likeness (QED) is 0.0949. The summed E-state index contributed by atoms with van der Waals surface area (Å²) in [5, 5.41) is 29.3. The van der Waals surface area contributed by atoms with Crippen LogP contribution in [0.15, 0.2) is 48.6 Å². The van der Waals surface area contributed by atoms with E-state index in [1.807, 2.05) is 12.2 Å². The predicted molar refractivity (Wildman–Crippen MR) is 127 cm³/mol. The first kappa shape index (κ1) is 29.3. The molecule has 32 heavy (non-hydrogen) atoms. The number of nitrogens with zero attached hydrogens (tertiary/aromatic N) is 1. The molecule has 0 heterocycles. The summed E-state index contributed by atoms with van der Waals surface area (Å²) in [6, 6.07) is 0. The lowest BCUT2D eigenvalue weighted by molar-refractivity contribution is -0.572. The zero-order chi connectivity index (χ0) is 24.1. The topological polar surface area (TPSA) is 118 Å². The van der Waals surface area contributed by atoms with E-state index in [2.05, 4.69) is 43.4 Å². The molecule has 7 heteroatoms. The van der Waals surface area contributed by atoms with Crippen molar-refractivity contribution in [3.8, 4) is 0 Å². The average molecular weight is 450 g/mol. The number of allylic oxidation sites excluding steroid dienone is 8. The van der Waals surface area contributed by atoms with E-state index < -0.39 is 35.2 Å². The minimum atomic E-state index is -1.73. The molecule has 0 saturated carbocycles. The van der Waals surface area contributed by atoms with Crippen LogP contribution in [0.1, 0.15) is 90.4 Å². The normalized spacial score (nSPS) is 14.0. The monoisotopic (exact) mass is 449 g/mol. The predicted octanol–water partition coefficient (Wildman–Crippen LogP) is 6.49. The van der Waals surface area contributed by atoms with Gasteiger partial charge in [-0.15, -0.1) is 0 Å². The highest BCUT2D eigenvalue weighted by molar-refractivity contribution is 5.69. The summed E-state index contributed by atoms with van der Waals surface area (Å²) >= 11 is 0. The molecule has 0 aromatic rings. The highest BCUT2D eigenvalue weighted by Gasteiger charge is 2.44. The standard InChI is InChI=1S/C25H39NO6/c1-2-3-4-5-6-7-8-9-10-11-12-13-14-15-16-17-18-20-25(26(31)32,22-24(29)30)21-19-23(27)28/h6-7,9-10,12-13,15-16H,2-5,8,11,14,17-22H2,1H3,(H,27,28)(H,29,30). The Bertz CT molecular complexity index is 665. The van der Waals surface area contributed by atoms with Crippen LogP contribution >= 0.6 is 0 Å². The molecule has 0 aliphatic heterocycles. The number of rotatable bonds is 20. The minimum Gasteiger partial charge on any atom is -0.481 e. The Morgan fingerprint density at radius 1 is 0.781 bits per heavy atom. The first-order chi connectivity index (χ1) is 15.3. The summed E-state index contributed by atoms with van der Waals surface area (Å²) in [5.74, 6) is -2.45. The average Bonchev–Trinajstić information content (AvgIpc) is 2.73. The first-order valence-corrected chi connectivity index (χ1v) is 11.5. The van der Waals surface area contributed by atoms with Gasteiger partial charge in [-0.25, -0.2) is 0 Å². The summed E-state index contributed by atoms with van der Waals surface area (Å²) in [5.41, 5.74) is -1.73. The summed E-state index contributed by atoms with van der Waals surface area (Å²) in [7, 11) is 0. The van der Waals surface area contributed by atoms with Crippen LogP contribution in [0.25, 0.3) is 0 Å². The zero-order valence-corrected chi connectivity index (χ0v) is 19.3. The van der Waals surface area contributed by atoms with Crippen LogP contribution in [-0.4, -0.2) is 32.6 Å². The lowest BCUT2D eigenvalue weighted by Crippen LogP contribution is -2.41. The molecule has 1 unspecified atom stereocenters. The van der Waals surface area contributed by atoms with Gasteiger partial charge in [0.25, 0.3) is 0 Å². The molecule has 0 aliphatic rings. The Morgan fingerprint density at radius 2 is 1.28 bits per heavy atom. The molecule has 0 radical (unpaired) electrons. The van der Waals surface area contributed by atoms with Gasteiger partial charge in [-0.2, -0.15) is 0 Å². The summed E-state index contributed by atoms with van der Waals surface area (Å²) in [4.78, 5) is 32.7. The Kier molecular flexibility index (Phi) is 17.4. The third-order valence-corrected chi connectivity index (χ3v) is 5.14. The van der Waals surface area contributed by atoms with Gasteiger partial charge in [-0.3, -0.25) is 19.7 Å². The van der Waals surface area contributed by atoms with Gasteiger partial charge in [0.2, 0.25) is 5.54 Å². The molecule has 180 valence electrons. The SMILES string of the molecule is CCCCCC=CCC=CCC=CCC=CCCCC(CCC(=O)O)(CC(=O)O)[N+](=O)[O-]. The van der Waals surface area contributed by atoms with E-state index >= 15 is 0 Å². The Hall–Kier alpha value is -2.70. The van der Waals surface area contributed by atoms with Gasteiger partial charge >= 0.3 is 11.9 Å². The molecule has 0 amide bonds. The molecule has 0 fully saturated rings. The molecule has 0 aromatic carbocycles. The fourth-order valence-electron chi connectivity index (χ4n) is 3.28. The molecule has 2 N–H and O–H groups in total. The maximum absolute atomic E-state index is 11.5. The lowest BCUT2D eigenvalue weighted by atomic mass is 9.85. The van der Waals surface area contributed by atoms with Crippen molar-refractivity contribution in [3.05, 3.63) is 58.7 Å². The van der Waals surface area contributed by atoms with Crippen LogP contribution in [-0.2, 0) is 9.59 Å². The van der Waals surface area contributed by atoms with Crippen LogP contribution in [0.5, 0.6) is 0 Å². The molecule has 7 nitrogen and oxygen atoms in total. The van der Waals surface area contributed by atoms with Crippen molar-refractivity contribution in [1.29, 1.82) is 0 Å². The molecule has 0 bridgehead atoms. The fourth-order valence-corrected chi connectivity index (χ4v) is 3.28. The molecular formula is C25H39NO6. The van der Waals surface area contributed by atoms with E-state index in [1.54, 1.807) is 0 Å². The van der Waals surface area contributed by atoms with Crippen molar-refractivity contribution in [2.45, 2.75) is 95.9 Å². The number of hydrogen-bond acceptors (Lipinski definition) is 4. The highest BCUT2D eigenvalue weighted by Crippen LogP contribution is 2.28. The largest absolute Gasteiger partial charge is 0.481 e. The molecule has 0 aliphatic carbocycles. The number of carbonyl (C=O) groups is 2. The second kappa shape index (κ2) is 19.0. The molecular weight excluding hydrogens is 410 g/mol. The van der Waals surface area contributed by atoms with Crippen molar-refractivity contribution >= 4 is 11.9 Å². The van der Waals surface area contributed by atoms with Gasteiger partial charge in [-0.05, 0) is 44.9 Å². The lowest BCUT2D eigenvalue weighted by Gasteiger charge is -2.23. The number of aliphatic carboxylic acids is 2. The number of carboxylic acid groups (broad SMARTS) is 2. The van der Waals surface area contributed by atoms with Gasteiger partial charge in [0.1, 0.15) is 6.42 Å². The van der Waals surface area contributed by atoms with E-state index in [9.17, 15) is 19.7 Å². The summed E-state index contributed by atoms with van der Waals surface area (Å²) in [6.07, 6.45) is 24.0. The van der Waals surface area contributed by atoms with Crippen molar-refractivity contribution in [1.82, 2.24) is 0 Å². The van der Waals surface area contributed by atoms with E-state index in [4.69, 9.17) is 10.2 Å². The minimum absolute atomic E-state index is 0.0393. The van der Waals surface area contributed by atoms with Crippen molar-refractivity contribution in [2.75, 3.05) is 0 Å². The van der Waals surface area contributed by atoms with Gasteiger partial charge in [0, 0.05) is 17.8 Å². The molecule has 0 saturated heterocycles. The maximum Gasteiger partial charge on any atom is 0.310 e. The highest BCUT2D eigenvalue weighted by atomic mass is 16.6. The third kappa shape index (κ3) is 16.1. The number of hydrogen-bond donors (Lipinski definition) is 2. The summed E-state index contributed by atoms with van der Waals surface area (Å²) < 4.78 is 0. The Balaban J connectivity index is 4.17. The van der Waals surface area contributed by atoms with Gasteiger partial charge in [0.15, 0.2) is 0 Å². The van der Waals surface area contributed by atoms with E-state index in [-0.39, 0.29) is 12.8 Å². The first-order valence-electron chi connectivity index (χ1n) is 11.5. The second-order valence-electron chi connectivity index (χ2n) is 7.93. The third-order valence-electron chi connectivity index (χ3n) is 5.14. The zero-order valence-electron chi connectivity index (χ0n) is 19.3. The fraction of sp³-hybridized carbons (Fsp3) is 0.600. The number of nitro groups is 1. The van der Waals surface area contributed by atoms with E-state index in [0.29, 0.717) is 12.8 Å². The molecule has 0 rings (SSSR count). The maximum atomic E-state index is 11.5. The van der Waals surface area contributed by atoms with Crippen molar-refractivity contribution < 1.29 is 24.7 Å². The van der Waals surface area contributed by atoms with Crippen LogP contribution in [0.2, 0.25) is 0 Å². The van der Waals surface area contributed by atoms with Gasteiger partial charge in [-0.1, -0.05) is 68.4 Å². The second-order valence-corrected chi connectivity index (χ2v) is 7.93. The Morgan fingerprint density at radius 3 is 1.72 bits per heavy atom. The van der Waals surface area contributed by atoms with Crippen LogP contribution < -0.4 is 0 Å². The van der Waals surface area contributed by atoms with E-state index in [1.165, 1.54) is 19.3 Å².